The number of carbonyl (C=O) groups is 3. The molecular weight excluding hydrogens is 254 g/mol. The summed E-state index contributed by atoms with van der Waals surface area (Å²) in [4.78, 5) is 36.6. The number of amides is 3. The van der Waals surface area contributed by atoms with Crippen molar-refractivity contribution in [1.29, 1.82) is 0 Å². The number of carboxylic acid groups (broad SMARTS) is 1. The lowest BCUT2D eigenvalue weighted by Gasteiger charge is -2.03. The van der Waals surface area contributed by atoms with Crippen LogP contribution in [0.2, 0.25) is 0 Å². The molecule has 1 aromatic heterocycles. The third kappa shape index (κ3) is 5.66. The smallest absolute Gasteiger partial charge is 0.321 e. The molecule has 19 heavy (non-hydrogen) atoms. The van der Waals surface area contributed by atoms with Gasteiger partial charge >= 0.3 is 12.0 Å². The average Bonchev–Trinajstić information content (AvgIpc) is 2.82. The number of oxazole rings is 1. The van der Waals surface area contributed by atoms with Crippen molar-refractivity contribution in [2.75, 3.05) is 0 Å². The summed E-state index contributed by atoms with van der Waals surface area (Å²) in [7, 11) is 0. The van der Waals surface area contributed by atoms with Crippen molar-refractivity contribution in [3.05, 3.63) is 17.8 Å². The molecule has 0 unspecified atom stereocenters. The minimum Gasteiger partial charge on any atom is -0.481 e. The quantitative estimate of drug-likeness (QED) is 0.688. The first-order chi connectivity index (χ1) is 9.01. The largest absolute Gasteiger partial charge is 0.481 e. The summed E-state index contributed by atoms with van der Waals surface area (Å²) < 4.78 is 5.25. The SMILES string of the molecule is CCc1cnc(CNC(=O)NC(=O)CCC(=O)O)o1. The van der Waals surface area contributed by atoms with E-state index in [1.807, 2.05) is 12.2 Å². The molecule has 3 amide bonds. The molecule has 3 N–H and O–H groups in total. The Bertz CT molecular complexity index is 469. The lowest BCUT2D eigenvalue weighted by Crippen LogP contribution is -2.39. The number of carboxylic acids is 1. The number of hydrogen-bond donors (Lipinski definition) is 3. The molecule has 0 aliphatic rings. The Morgan fingerprint density at radius 2 is 2.11 bits per heavy atom. The first-order valence-corrected chi connectivity index (χ1v) is 5.74. The number of aliphatic carboxylic acids is 1. The van der Waals surface area contributed by atoms with Crippen molar-refractivity contribution in [2.24, 2.45) is 0 Å². The lowest BCUT2D eigenvalue weighted by atomic mass is 10.3. The second-order valence-corrected chi connectivity index (χ2v) is 3.70. The maximum Gasteiger partial charge on any atom is 0.321 e. The van der Waals surface area contributed by atoms with E-state index in [0.29, 0.717) is 18.1 Å². The summed E-state index contributed by atoms with van der Waals surface area (Å²) in [6.07, 6.45) is 1.69. The van der Waals surface area contributed by atoms with E-state index < -0.39 is 17.9 Å². The first-order valence-electron chi connectivity index (χ1n) is 5.74. The number of nitrogens with zero attached hydrogens (tertiary/aromatic N) is 1. The predicted molar refractivity (Wildman–Crippen MR) is 63.1 cm³/mol. The molecule has 0 aliphatic heterocycles. The molecular formula is C11H15N3O5. The van der Waals surface area contributed by atoms with Gasteiger partial charge in [-0.1, -0.05) is 6.92 Å². The van der Waals surface area contributed by atoms with Gasteiger partial charge in [-0.3, -0.25) is 14.9 Å². The van der Waals surface area contributed by atoms with Crippen molar-refractivity contribution < 1.29 is 23.9 Å². The number of aryl methyl sites for hydroxylation is 1. The van der Waals surface area contributed by atoms with Crippen molar-refractivity contribution in [2.45, 2.75) is 32.7 Å². The van der Waals surface area contributed by atoms with Crippen LogP contribution in [0.4, 0.5) is 4.79 Å². The van der Waals surface area contributed by atoms with Gasteiger partial charge in [0.15, 0.2) is 0 Å². The molecule has 0 bridgehead atoms. The van der Waals surface area contributed by atoms with Gasteiger partial charge in [-0.25, -0.2) is 9.78 Å². The molecule has 1 rings (SSSR count). The van der Waals surface area contributed by atoms with Crippen LogP contribution in [-0.2, 0) is 22.6 Å². The van der Waals surface area contributed by atoms with E-state index in [4.69, 9.17) is 9.52 Å². The van der Waals surface area contributed by atoms with Crippen molar-refractivity contribution in [1.82, 2.24) is 15.6 Å². The molecule has 8 nitrogen and oxygen atoms in total. The molecule has 0 spiro atoms. The van der Waals surface area contributed by atoms with E-state index >= 15 is 0 Å². The fourth-order valence-electron chi connectivity index (χ4n) is 1.20. The Kier molecular flexibility index (Phi) is 5.52. The van der Waals surface area contributed by atoms with Crippen LogP contribution < -0.4 is 10.6 Å². The number of carbonyl (C=O) groups excluding carboxylic acids is 2. The van der Waals surface area contributed by atoms with Crippen LogP contribution in [-0.4, -0.2) is 28.0 Å². The van der Waals surface area contributed by atoms with Crippen LogP contribution in [0.5, 0.6) is 0 Å². The highest BCUT2D eigenvalue weighted by Gasteiger charge is 2.10. The Labute approximate surface area is 109 Å². The van der Waals surface area contributed by atoms with Gasteiger partial charge in [0.25, 0.3) is 0 Å². The standard InChI is InChI=1S/C11H15N3O5/c1-2-7-5-12-9(19-7)6-13-11(18)14-8(15)3-4-10(16)17/h5H,2-4,6H2,1H3,(H,16,17)(H2,13,14,15,18). The number of rotatable bonds is 6. The molecule has 0 fully saturated rings. The molecule has 0 atom stereocenters. The molecule has 8 heteroatoms. The summed E-state index contributed by atoms with van der Waals surface area (Å²) in [6.45, 7) is 1.96. The minimum atomic E-state index is -1.09. The van der Waals surface area contributed by atoms with E-state index in [9.17, 15) is 14.4 Å². The molecule has 0 aromatic carbocycles. The Balaban J connectivity index is 2.27. The van der Waals surface area contributed by atoms with Gasteiger partial charge in [0.2, 0.25) is 11.8 Å². The summed E-state index contributed by atoms with van der Waals surface area (Å²) in [5.74, 6) is -0.705. The van der Waals surface area contributed by atoms with Crippen LogP contribution in [0.15, 0.2) is 10.6 Å². The van der Waals surface area contributed by atoms with Crippen molar-refractivity contribution >= 4 is 17.9 Å². The molecule has 0 saturated heterocycles. The van der Waals surface area contributed by atoms with Crippen LogP contribution in [0.3, 0.4) is 0 Å². The molecule has 104 valence electrons. The highest BCUT2D eigenvalue weighted by Crippen LogP contribution is 2.03. The van der Waals surface area contributed by atoms with Gasteiger partial charge in [-0.15, -0.1) is 0 Å². The highest BCUT2D eigenvalue weighted by atomic mass is 16.4. The zero-order chi connectivity index (χ0) is 14.3. The van der Waals surface area contributed by atoms with Crippen LogP contribution in [0, 0.1) is 0 Å². The van der Waals surface area contributed by atoms with Crippen molar-refractivity contribution in [3.8, 4) is 0 Å². The number of hydrogen-bond acceptors (Lipinski definition) is 5. The predicted octanol–water partition coefficient (Wildman–Crippen LogP) is 0.428. The fourth-order valence-corrected chi connectivity index (χ4v) is 1.20. The van der Waals surface area contributed by atoms with Gasteiger partial charge in [-0.05, 0) is 0 Å². The van der Waals surface area contributed by atoms with E-state index in [0.717, 1.165) is 0 Å². The van der Waals surface area contributed by atoms with Gasteiger partial charge in [-0.2, -0.15) is 0 Å². The summed E-state index contributed by atoms with van der Waals surface area (Å²) in [5.41, 5.74) is 0. The monoisotopic (exact) mass is 269 g/mol. The number of aromatic nitrogens is 1. The normalized spacial score (nSPS) is 9.95. The third-order valence-corrected chi connectivity index (χ3v) is 2.17. The van der Waals surface area contributed by atoms with E-state index in [2.05, 4.69) is 10.3 Å². The van der Waals surface area contributed by atoms with Gasteiger partial charge in [0.05, 0.1) is 19.2 Å². The van der Waals surface area contributed by atoms with Crippen LogP contribution >= 0.6 is 0 Å². The Morgan fingerprint density at radius 1 is 1.37 bits per heavy atom. The van der Waals surface area contributed by atoms with Gasteiger partial charge in [0.1, 0.15) is 5.76 Å². The molecule has 0 saturated carbocycles. The number of urea groups is 1. The molecule has 0 radical (unpaired) electrons. The number of nitrogens with one attached hydrogen (secondary N) is 2. The molecule has 0 aliphatic carbocycles. The second-order valence-electron chi connectivity index (χ2n) is 3.70. The van der Waals surface area contributed by atoms with Gasteiger partial charge in [0, 0.05) is 12.8 Å². The molecule has 1 aromatic rings. The molecule has 1 heterocycles. The van der Waals surface area contributed by atoms with E-state index in [1.54, 1.807) is 6.20 Å². The zero-order valence-corrected chi connectivity index (χ0v) is 10.4. The minimum absolute atomic E-state index is 0.0536. The Morgan fingerprint density at radius 3 is 2.68 bits per heavy atom. The average molecular weight is 269 g/mol. The highest BCUT2D eigenvalue weighted by molar-refractivity contribution is 5.95. The lowest BCUT2D eigenvalue weighted by molar-refractivity contribution is -0.138. The third-order valence-electron chi connectivity index (χ3n) is 2.17. The summed E-state index contributed by atoms with van der Waals surface area (Å²) in [5, 5.41) is 12.8. The van der Waals surface area contributed by atoms with E-state index in [1.165, 1.54) is 0 Å². The first kappa shape index (κ1) is 14.7. The zero-order valence-electron chi connectivity index (χ0n) is 10.4. The summed E-state index contributed by atoms with van der Waals surface area (Å²) in [6, 6.07) is -0.716. The summed E-state index contributed by atoms with van der Waals surface area (Å²) >= 11 is 0. The van der Waals surface area contributed by atoms with E-state index in [-0.39, 0.29) is 19.4 Å². The maximum atomic E-state index is 11.3. The topological polar surface area (TPSA) is 122 Å². The Hall–Kier alpha value is -2.38. The second kappa shape index (κ2) is 7.14. The van der Waals surface area contributed by atoms with Crippen molar-refractivity contribution in [3.63, 3.8) is 0 Å². The van der Waals surface area contributed by atoms with Crippen LogP contribution in [0.25, 0.3) is 0 Å². The van der Waals surface area contributed by atoms with Gasteiger partial charge < -0.3 is 14.8 Å². The fraction of sp³-hybridized carbons (Fsp3) is 0.455. The maximum absolute atomic E-state index is 11.3. The number of imide groups is 1. The van der Waals surface area contributed by atoms with Crippen LogP contribution in [0.1, 0.15) is 31.4 Å².